The highest BCUT2D eigenvalue weighted by Gasteiger charge is 2.31. The van der Waals surface area contributed by atoms with Crippen molar-refractivity contribution in [2.75, 3.05) is 5.06 Å². The molecular weight excluding hydrogens is 363 g/mol. The summed E-state index contributed by atoms with van der Waals surface area (Å²) in [5, 5.41) is 13.3. The summed E-state index contributed by atoms with van der Waals surface area (Å²) in [5.74, 6) is 0. The third kappa shape index (κ3) is 5.30. The molecule has 119 valence electrons. The largest absolute Gasteiger partial charge is 0.287 e. The molecule has 8 heteroatoms. The fourth-order valence-corrected chi connectivity index (χ4v) is 4.59. The van der Waals surface area contributed by atoms with E-state index in [2.05, 4.69) is 38.2 Å². The van der Waals surface area contributed by atoms with Crippen molar-refractivity contribution in [1.82, 2.24) is 0 Å². The summed E-state index contributed by atoms with van der Waals surface area (Å²) in [4.78, 5) is 1.24. The predicted molar refractivity (Wildman–Crippen MR) is 114 cm³/mol. The number of fused-ring (bicyclic) bond motifs is 1. The standard InChI is InChI=1S/C12H18NOSSi.4H2S/c1-4-6-11-13(14)12-9(15-11)7-5-8-10(12)16(2)3;;;;/h5,7-8,11,14H,4,6H2,1-3H3;4*1H2. The number of benzene rings is 1. The Morgan fingerprint density at radius 1 is 1.20 bits per heavy atom. The van der Waals surface area contributed by atoms with Gasteiger partial charge in [0.1, 0.15) is 5.37 Å². The minimum absolute atomic E-state index is 0. The molecular formula is C12H26NOS5Si. The molecule has 0 spiro atoms. The fraction of sp³-hybridized carbons (Fsp3) is 0.500. The molecule has 1 radical (unpaired) electrons. The molecule has 20 heavy (non-hydrogen) atoms. The smallest absolute Gasteiger partial charge is 0.106 e. The molecule has 1 aliphatic rings. The van der Waals surface area contributed by atoms with Crippen molar-refractivity contribution >= 4 is 85.4 Å². The van der Waals surface area contributed by atoms with E-state index in [9.17, 15) is 5.21 Å². The summed E-state index contributed by atoms with van der Waals surface area (Å²) >= 11 is 1.79. The van der Waals surface area contributed by atoms with Gasteiger partial charge in [0.15, 0.2) is 0 Å². The van der Waals surface area contributed by atoms with Gasteiger partial charge in [-0.05, 0) is 17.7 Å². The van der Waals surface area contributed by atoms with Crippen LogP contribution in [0.15, 0.2) is 23.1 Å². The summed E-state index contributed by atoms with van der Waals surface area (Å²) in [6, 6.07) is 6.39. The van der Waals surface area contributed by atoms with Gasteiger partial charge in [-0.25, -0.2) is 5.06 Å². The van der Waals surface area contributed by atoms with Crippen LogP contribution in [0.5, 0.6) is 0 Å². The lowest BCUT2D eigenvalue weighted by Gasteiger charge is -2.21. The van der Waals surface area contributed by atoms with E-state index in [1.807, 2.05) is 0 Å². The number of hydroxylamine groups is 1. The van der Waals surface area contributed by atoms with Gasteiger partial charge in [0.05, 0.1) is 14.5 Å². The molecule has 1 atom stereocenters. The molecule has 1 aromatic carbocycles. The highest BCUT2D eigenvalue weighted by atomic mass is 32.2. The molecule has 1 N–H and O–H groups in total. The Hall–Kier alpha value is 0.947. The van der Waals surface area contributed by atoms with Crippen LogP contribution in [0, 0.1) is 0 Å². The van der Waals surface area contributed by atoms with Crippen LogP contribution in [0.2, 0.25) is 13.1 Å². The van der Waals surface area contributed by atoms with Crippen molar-refractivity contribution in [3.05, 3.63) is 18.2 Å². The summed E-state index contributed by atoms with van der Waals surface area (Å²) in [7, 11) is -0.521. The Labute approximate surface area is 156 Å². The topological polar surface area (TPSA) is 23.5 Å². The first-order valence-corrected chi connectivity index (χ1v) is 9.11. The van der Waals surface area contributed by atoms with Crippen LogP contribution >= 0.6 is 65.7 Å². The molecule has 2 nitrogen and oxygen atoms in total. The van der Waals surface area contributed by atoms with E-state index in [1.54, 1.807) is 11.8 Å². The Morgan fingerprint density at radius 2 is 1.80 bits per heavy atom. The van der Waals surface area contributed by atoms with Crippen LogP contribution in [-0.2, 0) is 0 Å². The summed E-state index contributed by atoms with van der Waals surface area (Å²) in [6.07, 6.45) is 2.14. The van der Waals surface area contributed by atoms with Gasteiger partial charge in [-0.15, -0.1) is 0 Å². The number of hydrogen-bond donors (Lipinski definition) is 1. The predicted octanol–water partition coefficient (Wildman–Crippen LogP) is 3.53. The quantitative estimate of drug-likeness (QED) is 0.801. The number of hydrogen-bond acceptors (Lipinski definition) is 3. The number of nitrogens with zero attached hydrogens (tertiary/aromatic N) is 1. The van der Waals surface area contributed by atoms with Gasteiger partial charge in [0.2, 0.25) is 0 Å². The normalized spacial score (nSPS) is 15.4. The lowest BCUT2D eigenvalue weighted by molar-refractivity contribution is 0.244. The third-order valence-electron chi connectivity index (χ3n) is 2.84. The number of anilines is 1. The number of thioether (sulfide) groups is 1. The minimum Gasteiger partial charge on any atom is -0.287 e. The number of para-hydroxylation sites is 1. The molecule has 0 aromatic heterocycles. The number of rotatable bonds is 3. The molecule has 1 unspecified atom stereocenters. The molecule has 0 bridgehead atoms. The lowest BCUT2D eigenvalue weighted by Crippen LogP contribution is -2.33. The Kier molecular flexibility index (Phi) is 14.9. The first-order valence-electron chi connectivity index (χ1n) is 5.73. The second kappa shape index (κ2) is 11.5. The van der Waals surface area contributed by atoms with Crippen LogP contribution in [0.3, 0.4) is 0 Å². The van der Waals surface area contributed by atoms with Crippen molar-refractivity contribution in [3.8, 4) is 0 Å². The molecule has 1 aliphatic heterocycles. The summed E-state index contributed by atoms with van der Waals surface area (Å²) < 4.78 is 0. The zero-order chi connectivity index (χ0) is 11.7. The molecule has 1 heterocycles. The van der Waals surface area contributed by atoms with E-state index >= 15 is 0 Å². The highest BCUT2D eigenvalue weighted by Crippen LogP contribution is 2.42. The van der Waals surface area contributed by atoms with Crippen LogP contribution < -0.4 is 10.2 Å². The molecule has 0 fully saturated rings. The van der Waals surface area contributed by atoms with Gasteiger partial charge in [-0.2, -0.15) is 54.0 Å². The van der Waals surface area contributed by atoms with Gasteiger partial charge in [0.25, 0.3) is 0 Å². The van der Waals surface area contributed by atoms with Gasteiger partial charge in [-0.1, -0.05) is 50.3 Å². The molecule has 0 saturated heterocycles. The Bertz CT molecular complexity index is 394. The molecule has 0 saturated carbocycles. The van der Waals surface area contributed by atoms with Crippen molar-refractivity contribution in [2.45, 2.75) is 43.1 Å². The zero-order valence-corrected chi connectivity index (χ0v) is 17.8. The van der Waals surface area contributed by atoms with Crippen molar-refractivity contribution < 1.29 is 5.21 Å². The minimum atomic E-state index is -0.521. The molecule has 1 aromatic rings. The Morgan fingerprint density at radius 3 is 2.30 bits per heavy atom. The first kappa shape index (κ1) is 25.9. The van der Waals surface area contributed by atoms with Crippen LogP contribution in [-0.4, -0.2) is 19.4 Å². The molecule has 2 rings (SSSR count). The summed E-state index contributed by atoms with van der Waals surface area (Å²) in [5.41, 5.74) is 1.07. The van der Waals surface area contributed by atoms with E-state index in [0.717, 1.165) is 18.5 Å². The lowest BCUT2D eigenvalue weighted by atomic mass is 10.3. The zero-order valence-electron chi connectivity index (χ0n) is 12.0. The van der Waals surface area contributed by atoms with Crippen molar-refractivity contribution in [1.29, 1.82) is 0 Å². The summed E-state index contributed by atoms with van der Waals surface area (Å²) in [6.45, 7) is 6.70. The van der Waals surface area contributed by atoms with E-state index < -0.39 is 8.80 Å². The van der Waals surface area contributed by atoms with E-state index in [-0.39, 0.29) is 59.4 Å². The Balaban J connectivity index is -0.000000722. The maximum absolute atomic E-state index is 10.2. The average Bonchev–Trinajstić information content (AvgIpc) is 2.57. The molecule has 0 amide bonds. The third-order valence-corrected chi connectivity index (χ3v) is 5.61. The average molecular weight is 389 g/mol. The second-order valence-corrected chi connectivity index (χ2v) is 8.12. The van der Waals surface area contributed by atoms with Crippen LogP contribution in [0.1, 0.15) is 19.8 Å². The monoisotopic (exact) mass is 388 g/mol. The van der Waals surface area contributed by atoms with Gasteiger partial charge < -0.3 is 0 Å². The van der Waals surface area contributed by atoms with Gasteiger partial charge in [-0.3, -0.25) is 5.21 Å². The molecule has 0 aliphatic carbocycles. The highest BCUT2D eigenvalue weighted by molar-refractivity contribution is 8.00. The van der Waals surface area contributed by atoms with E-state index in [4.69, 9.17) is 0 Å². The fourth-order valence-electron chi connectivity index (χ4n) is 2.03. The van der Waals surface area contributed by atoms with E-state index in [1.165, 1.54) is 15.1 Å². The second-order valence-electron chi connectivity index (χ2n) is 4.36. The first-order chi connectivity index (χ1) is 7.65. The van der Waals surface area contributed by atoms with Gasteiger partial charge >= 0.3 is 0 Å². The van der Waals surface area contributed by atoms with Crippen LogP contribution in [0.25, 0.3) is 0 Å². The maximum atomic E-state index is 10.2. The van der Waals surface area contributed by atoms with E-state index in [0.29, 0.717) is 0 Å². The van der Waals surface area contributed by atoms with Gasteiger partial charge in [0, 0.05) is 4.90 Å². The SMILES string of the molecule is CCCC1Sc2cccc([Si](C)C)c2N1O.S.S.S.S. The van der Waals surface area contributed by atoms with Crippen molar-refractivity contribution in [2.24, 2.45) is 0 Å². The maximum Gasteiger partial charge on any atom is 0.106 e. The van der Waals surface area contributed by atoms with Crippen LogP contribution in [0.4, 0.5) is 5.69 Å². The van der Waals surface area contributed by atoms with Crippen molar-refractivity contribution in [3.63, 3.8) is 0 Å².